The predicted molar refractivity (Wildman–Crippen MR) is 84.9 cm³/mol. The van der Waals surface area contributed by atoms with Crippen molar-refractivity contribution in [3.05, 3.63) is 15.9 Å². The van der Waals surface area contributed by atoms with Crippen LogP contribution in [0.1, 0.15) is 50.9 Å². The molecule has 1 atom stereocenters. The Morgan fingerprint density at radius 2 is 2.25 bits per heavy atom. The molecule has 0 amide bonds. The van der Waals surface area contributed by atoms with Crippen LogP contribution in [0.5, 0.6) is 0 Å². The number of rotatable bonds is 7. The Morgan fingerprint density at radius 1 is 1.40 bits per heavy atom. The van der Waals surface area contributed by atoms with E-state index in [1.807, 2.05) is 4.68 Å². The van der Waals surface area contributed by atoms with E-state index in [4.69, 9.17) is 4.74 Å². The van der Waals surface area contributed by atoms with Gasteiger partial charge in [0, 0.05) is 19.2 Å². The van der Waals surface area contributed by atoms with Crippen molar-refractivity contribution in [2.24, 2.45) is 0 Å². The molecule has 1 aromatic heterocycles. The number of aromatic nitrogens is 2. The van der Waals surface area contributed by atoms with Gasteiger partial charge in [-0.3, -0.25) is 4.68 Å². The molecule has 0 saturated carbocycles. The highest BCUT2D eigenvalue weighted by molar-refractivity contribution is 9.10. The molecule has 5 heteroatoms. The minimum atomic E-state index is 0.647. The van der Waals surface area contributed by atoms with Crippen LogP contribution in [-0.2, 0) is 24.3 Å². The fraction of sp³-hybridized carbons (Fsp3) is 0.800. The van der Waals surface area contributed by atoms with Crippen LogP contribution in [-0.4, -0.2) is 29.0 Å². The predicted octanol–water partition coefficient (Wildman–Crippen LogP) is 3.28. The Hall–Kier alpha value is -0.390. The molecule has 2 rings (SSSR count). The molecule has 2 heterocycles. The van der Waals surface area contributed by atoms with E-state index in [0.29, 0.717) is 12.6 Å². The summed E-state index contributed by atoms with van der Waals surface area (Å²) in [5.41, 5.74) is 2.29. The van der Waals surface area contributed by atoms with Gasteiger partial charge in [0.05, 0.1) is 22.5 Å². The van der Waals surface area contributed by atoms with Crippen molar-refractivity contribution < 1.29 is 4.74 Å². The SMILES string of the molecule is CCc1nn(CC)c(COCCC2CCCCN2)c1Br. The maximum Gasteiger partial charge on any atom is 0.0896 e. The second-order valence-electron chi connectivity index (χ2n) is 5.36. The number of nitrogens with zero attached hydrogens (tertiary/aromatic N) is 2. The third-order valence-corrected chi connectivity index (χ3v) is 4.87. The average Bonchev–Trinajstić information content (AvgIpc) is 2.80. The van der Waals surface area contributed by atoms with E-state index in [1.54, 1.807) is 0 Å². The largest absolute Gasteiger partial charge is 0.375 e. The highest BCUT2D eigenvalue weighted by Gasteiger charge is 2.15. The molecule has 1 unspecified atom stereocenters. The van der Waals surface area contributed by atoms with Gasteiger partial charge in [0.1, 0.15) is 0 Å². The first kappa shape index (κ1) is 16.0. The van der Waals surface area contributed by atoms with Crippen molar-refractivity contribution in [3.63, 3.8) is 0 Å². The lowest BCUT2D eigenvalue weighted by molar-refractivity contribution is 0.103. The van der Waals surface area contributed by atoms with Gasteiger partial charge in [-0.15, -0.1) is 0 Å². The summed E-state index contributed by atoms with van der Waals surface area (Å²) in [7, 11) is 0. The van der Waals surface area contributed by atoms with Gasteiger partial charge in [-0.25, -0.2) is 0 Å². The fourth-order valence-electron chi connectivity index (χ4n) is 2.72. The minimum Gasteiger partial charge on any atom is -0.375 e. The van der Waals surface area contributed by atoms with Crippen LogP contribution in [0.25, 0.3) is 0 Å². The summed E-state index contributed by atoms with van der Waals surface area (Å²) in [6.45, 7) is 7.77. The molecule has 0 radical (unpaired) electrons. The number of hydrogen-bond acceptors (Lipinski definition) is 3. The Bertz CT molecular complexity index is 413. The Kier molecular flexibility index (Phi) is 6.52. The molecular formula is C15H26BrN3O. The molecule has 0 bridgehead atoms. The molecule has 0 spiro atoms. The molecule has 0 aromatic carbocycles. The van der Waals surface area contributed by atoms with E-state index in [2.05, 4.69) is 40.2 Å². The van der Waals surface area contributed by atoms with Crippen molar-refractivity contribution in [1.29, 1.82) is 0 Å². The highest BCUT2D eigenvalue weighted by atomic mass is 79.9. The number of halogens is 1. The molecule has 1 saturated heterocycles. The van der Waals surface area contributed by atoms with Crippen molar-refractivity contribution in [3.8, 4) is 0 Å². The van der Waals surface area contributed by atoms with Crippen LogP contribution >= 0.6 is 15.9 Å². The van der Waals surface area contributed by atoms with E-state index in [9.17, 15) is 0 Å². The monoisotopic (exact) mass is 343 g/mol. The molecular weight excluding hydrogens is 318 g/mol. The third kappa shape index (κ3) is 4.06. The van der Waals surface area contributed by atoms with Gasteiger partial charge < -0.3 is 10.1 Å². The van der Waals surface area contributed by atoms with E-state index in [1.165, 1.54) is 31.5 Å². The summed E-state index contributed by atoms with van der Waals surface area (Å²) in [6, 6.07) is 0.648. The number of aryl methyl sites for hydroxylation is 2. The van der Waals surface area contributed by atoms with Gasteiger partial charge >= 0.3 is 0 Å². The van der Waals surface area contributed by atoms with Crippen molar-refractivity contribution in [2.75, 3.05) is 13.2 Å². The van der Waals surface area contributed by atoms with Gasteiger partial charge in [0.25, 0.3) is 0 Å². The summed E-state index contributed by atoms with van der Waals surface area (Å²) < 4.78 is 9.04. The Labute approximate surface area is 130 Å². The highest BCUT2D eigenvalue weighted by Crippen LogP contribution is 2.23. The van der Waals surface area contributed by atoms with E-state index in [0.717, 1.165) is 36.2 Å². The lowest BCUT2D eigenvalue weighted by atomic mass is 10.0. The summed E-state index contributed by atoms with van der Waals surface area (Å²) in [5, 5.41) is 8.15. The molecule has 1 fully saturated rings. The van der Waals surface area contributed by atoms with E-state index in [-0.39, 0.29) is 0 Å². The van der Waals surface area contributed by atoms with Crippen LogP contribution in [0.3, 0.4) is 0 Å². The van der Waals surface area contributed by atoms with Crippen LogP contribution < -0.4 is 5.32 Å². The zero-order valence-corrected chi connectivity index (χ0v) is 14.2. The third-order valence-electron chi connectivity index (χ3n) is 3.96. The first-order chi connectivity index (χ1) is 9.76. The standard InChI is InChI=1S/C15H26BrN3O/c1-3-13-15(16)14(19(4-2)18-13)11-20-10-8-12-7-5-6-9-17-12/h12,17H,3-11H2,1-2H3. The van der Waals surface area contributed by atoms with Crippen molar-refractivity contribution in [1.82, 2.24) is 15.1 Å². The van der Waals surface area contributed by atoms with Crippen LogP contribution in [0, 0.1) is 0 Å². The van der Waals surface area contributed by atoms with Gasteiger partial charge in [-0.1, -0.05) is 13.3 Å². The molecule has 1 aromatic rings. The molecule has 1 N–H and O–H groups in total. The maximum absolute atomic E-state index is 5.87. The van der Waals surface area contributed by atoms with Crippen molar-refractivity contribution >= 4 is 15.9 Å². The zero-order chi connectivity index (χ0) is 14.4. The normalized spacial score (nSPS) is 19.4. The fourth-order valence-corrected chi connectivity index (χ4v) is 3.40. The lowest BCUT2D eigenvalue weighted by Crippen LogP contribution is -2.34. The smallest absolute Gasteiger partial charge is 0.0896 e. The van der Waals surface area contributed by atoms with Crippen LogP contribution in [0.15, 0.2) is 4.47 Å². The Balaban J connectivity index is 1.79. The number of ether oxygens (including phenoxy) is 1. The Morgan fingerprint density at radius 3 is 2.90 bits per heavy atom. The molecule has 0 aliphatic carbocycles. The second kappa shape index (κ2) is 8.15. The van der Waals surface area contributed by atoms with E-state index < -0.39 is 0 Å². The molecule has 4 nitrogen and oxygen atoms in total. The summed E-state index contributed by atoms with van der Waals surface area (Å²) in [5.74, 6) is 0. The van der Waals surface area contributed by atoms with Crippen molar-refractivity contribution in [2.45, 2.75) is 65.1 Å². The lowest BCUT2D eigenvalue weighted by Gasteiger charge is -2.23. The second-order valence-corrected chi connectivity index (χ2v) is 6.16. The summed E-state index contributed by atoms with van der Waals surface area (Å²) >= 11 is 3.66. The van der Waals surface area contributed by atoms with Gasteiger partial charge in [0.15, 0.2) is 0 Å². The zero-order valence-electron chi connectivity index (χ0n) is 12.6. The topological polar surface area (TPSA) is 39.1 Å². The number of hydrogen-bond donors (Lipinski definition) is 1. The molecule has 114 valence electrons. The first-order valence-corrected chi connectivity index (χ1v) is 8.60. The number of nitrogens with one attached hydrogen (secondary N) is 1. The number of piperidine rings is 1. The molecule has 1 aliphatic rings. The quantitative estimate of drug-likeness (QED) is 0.772. The minimum absolute atomic E-state index is 0.647. The maximum atomic E-state index is 5.87. The summed E-state index contributed by atoms with van der Waals surface area (Å²) in [6.07, 6.45) is 6.02. The van der Waals surface area contributed by atoms with Gasteiger partial charge in [-0.05, 0) is 55.1 Å². The van der Waals surface area contributed by atoms with Crippen LogP contribution in [0.4, 0.5) is 0 Å². The van der Waals surface area contributed by atoms with Crippen LogP contribution in [0.2, 0.25) is 0 Å². The van der Waals surface area contributed by atoms with Gasteiger partial charge in [0.2, 0.25) is 0 Å². The molecule has 20 heavy (non-hydrogen) atoms. The first-order valence-electron chi connectivity index (χ1n) is 7.81. The summed E-state index contributed by atoms with van der Waals surface area (Å²) in [4.78, 5) is 0. The van der Waals surface area contributed by atoms with E-state index >= 15 is 0 Å². The average molecular weight is 344 g/mol. The van der Waals surface area contributed by atoms with Gasteiger partial charge in [-0.2, -0.15) is 5.10 Å². The molecule has 1 aliphatic heterocycles.